The van der Waals surface area contributed by atoms with Gasteiger partial charge in [0.2, 0.25) is 10.0 Å². The van der Waals surface area contributed by atoms with Gasteiger partial charge in [0.25, 0.3) is 5.91 Å². The third kappa shape index (κ3) is 6.04. The summed E-state index contributed by atoms with van der Waals surface area (Å²) >= 11 is 0. The maximum Gasteiger partial charge on any atom is 0.306 e. The first-order valence-corrected chi connectivity index (χ1v) is 13.4. The topological polar surface area (TPSA) is 92.8 Å². The lowest BCUT2D eigenvalue weighted by Crippen LogP contribution is -2.35. The number of hydrogen-bond donors (Lipinski definition) is 1. The maximum atomic E-state index is 12.7. The Morgan fingerprint density at radius 2 is 1.62 bits per heavy atom. The highest BCUT2D eigenvalue weighted by molar-refractivity contribution is 7.89. The monoisotopic (exact) mass is 484 g/mol. The molecule has 1 amide bonds. The largest absolute Gasteiger partial charge is 0.456 e. The van der Waals surface area contributed by atoms with Crippen molar-refractivity contribution < 1.29 is 22.7 Å². The van der Waals surface area contributed by atoms with E-state index in [1.54, 1.807) is 28.6 Å². The Morgan fingerprint density at radius 1 is 0.941 bits per heavy atom. The summed E-state index contributed by atoms with van der Waals surface area (Å²) in [7, 11) is -3.46. The van der Waals surface area contributed by atoms with Crippen LogP contribution in [0.2, 0.25) is 0 Å². The average molecular weight is 485 g/mol. The number of nitrogens with one attached hydrogen (secondary N) is 1. The predicted octanol–water partition coefficient (Wildman–Crippen LogP) is 3.19. The number of aryl methyl sites for hydroxylation is 1. The molecule has 1 aliphatic carbocycles. The molecule has 2 aromatic carbocycles. The summed E-state index contributed by atoms with van der Waals surface area (Å²) in [5.74, 6) is -0.757. The number of nitrogens with zero attached hydrogens (tertiary/aromatic N) is 1. The van der Waals surface area contributed by atoms with Crippen molar-refractivity contribution in [3.05, 3.63) is 65.7 Å². The van der Waals surface area contributed by atoms with E-state index >= 15 is 0 Å². The molecular formula is C26H32N2O5S. The van der Waals surface area contributed by atoms with Gasteiger partial charge in [0.05, 0.1) is 4.90 Å². The zero-order chi connectivity index (χ0) is 24.0. The molecule has 2 fully saturated rings. The van der Waals surface area contributed by atoms with Crippen molar-refractivity contribution in [3.8, 4) is 0 Å². The van der Waals surface area contributed by atoms with Crippen molar-refractivity contribution in [2.75, 3.05) is 26.2 Å². The predicted molar refractivity (Wildman–Crippen MR) is 129 cm³/mol. The molecule has 182 valence electrons. The number of carbonyl (C=O) groups excluding carboxylic acids is 2. The fourth-order valence-electron chi connectivity index (χ4n) is 4.38. The third-order valence-electron chi connectivity index (χ3n) is 6.72. The van der Waals surface area contributed by atoms with E-state index in [9.17, 15) is 18.0 Å². The molecule has 1 N–H and O–H groups in total. The van der Waals surface area contributed by atoms with Gasteiger partial charge in [0, 0.05) is 31.5 Å². The number of ether oxygens (including phenoxy) is 1. The number of carbonyl (C=O) groups is 2. The Labute approximate surface area is 201 Å². The van der Waals surface area contributed by atoms with Gasteiger partial charge in [0.15, 0.2) is 6.61 Å². The van der Waals surface area contributed by atoms with Crippen LogP contribution in [0, 0.1) is 0 Å². The molecule has 0 bridgehead atoms. The fourth-order valence-corrected chi connectivity index (χ4v) is 5.89. The van der Waals surface area contributed by atoms with E-state index in [1.807, 2.05) is 18.2 Å². The van der Waals surface area contributed by atoms with E-state index in [1.165, 1.54) is 5.56 Å². The molecule has 0 unspecified atom stereocenters. The van der Waals surface area contributed by atoms with E-state index in [0.717, 1.165) is 37.7 Å². The number of sulfonamides is 1. The molecule has 2 aliphatic rings. The molecule has 8 heteroatoms. The highest BCUT2D eigenvalue weighted by atomic mass is 32.2. The molecule has 0 atom stereocenters. The zero-order valence-electron chi connectivity index (χ0n) is 19.4. The quantitative estimate of drug-likeness (QED) is 0.523. The normalized spacial score (nSPS) is 17.6. The fraction of sp³-hybridized carbons (Fsp3) is 0.462. The number of benzene rings is 2. The second-order valence-corrected chi connectivity index (χ2v) is 11.1. The molecule has 4 rings (SSSR count). The van der Waals surface area contributed by atoms with Crippen LogP contribution in [-0.2, 0) is 36.2 Å². The number of amides is 1. The van der Waals surface area contributed by atoms with Gasteiger partial charge in [-0.15, -0.1) is 0 Å². The first-order chi connectivity index (χ1) is 16.4. The van der Waals surface area contributed by atoms with Gasteiger partial charge in [-0.25, -0.2) is 8.42 Å². The highest BCUT2D eigenvalue weighted by Gasteiger charge is 2.44. The maximum absolute atomic E-state index is 12.7. The van der Waals surface area contributed by atoms with Crippen LogP contribution in [0.1, 0.15) is 49.7 Å². The Kier molecular flexibility index (Phi) is 7.68. The Morgan fingerprint density at radius 3 is 2.26 bits per heavy atom. The van der Waals surface area contributed by atoms with Gasteiger partial charge in [-0.3, -0.25) is 9.59 Å². The Hall–Kier alpha value is -2.71. The van der Waals surface area contributed by atoms with Gasteiger partial charge < -0.3 is 10.1 Å². The lowest BCUT2D eigenvalue weighted by atomic mass is 9.96. The average Bonchev–Trinajstić information content (AvgIpc) is 3.67. The first-order valence-electron chi connectivity index (χ1n) is 12.0. The van der Waals surface area contributed by atoms with Crippen LogP contribution >= 0.6 is 0 Å². The molecule has 34 heavy (non-hydrogen) atoms. The molecular weight excluding hydrogens is 452 g/mol. The molecule has 1 saturated heterocycles. The standard InChI is InChI=1S/C26H32N2O5S/c29-24(27-20-26(15-16-26)22-7-3-1-4-8-22)19-33-25(30)14-11-21-9-12-23(13-10-21)34(31,32)28-17-5-2-6-18-28/h1,3-4,7-10,12-13H,2,5-6,11,14-20H2,(H,27,29). The second kappa shape index (κ2) is 10.7. The number of hydrogen-bond acceptors (Lipinski definition) is 5. The Bertz CT molecular complexity index is 1090. The molecule has 0 aromatic heterocycles. The first kappa shape index (κ1) is 24.4. The van der Waals surface area contributed by atoms with E-state index in [-0.39, 0.29) is 29.2 Å². The van der Waals surface area contributed by atoms with Crippen LogP contribution in [0.5, 0.6) is 0 Å². The van der Waals surface area contributed by atoms with Gasteiger partial charge in [-0.05, 0) is 55.4 Å². The van der Waals surface area contributed by atoms with Crippen molar-refractivity contribution in [3.63, 3.8) is 0 Å². The second-order valence-electron chi connectivity index (χ2n) is 9.19. The van der Waals surface area contributed by atoms with E-state index in [4.69, 9.17) is 4.74 Å². The van der Waals surface area contributed by atoms with E-state index < -0.39 is 16.0 Å². The van der Waals surface area contributed by atoms with Crippen molar-refractivity contribution in [2.45, 2.75) is 55.3 Å². The lowest BCUT2D eigenvalue weighted by molar-refractivity contribution is -0.148. The summed E-state index contributed by atoms with van der Waals surface area (Å²) < 4.78 is 32.1. The van der Waals surface area contributed by atoms with E-state index in [0.29, 0.717) is 26.1 Å². The van der Waals surface area contributed by atoms with Gasteiger partial charge in [0.1, 0.15) is 0 Å². The summed E-state index contributed by atoms with van der Waals surface area (Å²) in [4.78, 5) is 24.5. The zero-order valence-corrected chi connectivity index (χ0v) is 20.2. The van der Waals surface area contributed by atoms with Gasteiger partial charge in [-0.2, -0.15) is 4.31 Å². The lowest BCUT2D eigenvalue weighted by Gasteiger charge is -2.25. The van der Waals surface area contributed by atoms with E-state index in [2.05, 4.69) is 17.4 Å². The third-order valence-corrected chi connectivity index (χ3v) is 8.63. The molecule has 1 heterocycles. The summed E-state index contributed by atoms with van der Waals surface area (Å²) in [5.41, 5.74) is 2.08. The SMILES string of the molecule is O=C(COC(=O)CCc1ccc(S(=O)(=O)N2CCCCC2)cc1)NCC1(c2ccccc2)CC1. The highest BCUT2D eigenvalue weighted by Crippen LogP contribution is 2.47. The Balaban J connectivity index is 1.18. The van der Waals surface area contributed by atoms with Crippen LogP contribution in [0.25, 0.3) is 0 Å². The molecule has 0 radical (unpaired) electrons. The van der Waals surface area contributed by atoms with Crippen LogP contribution in [0.4, 0.5) is 0 Å². The number of esters is 1. The molecule has 0 spiro atoms. The smallest absolute Gasteiger partial charge is 0.306 e. The minimum atomic E-state index is -3.46. The summed E-state index contributed by atoms with van der Waals surface area (Å²) in [5, 5.41) is 2.88. The summed E-state index contributed by atoms with van der Waals surface area (Å²) in [6.07, 6.45) is 5.47. The van der Waals surface area contributed by atoms with Crippen LogP contribution in [0.3, 0.4) is 0 Å². The van der Waals surface area contributed by atoms with Gasteiger partial charge >= 0.3 is 5.97 Å². The molecule has 1 aliphatic heterocycles. The minimum Gasteiger partial charge on any atom is -0.456 e. The van der Waals surface area contributed by atoms with Crippen molar-refractivity contribution in [1.29, 1.82) is 0 Å². The van der Waals surface area contributed by atoms with Crippen LogP contribution < -0.4 is 5.32 Å². The summed E-state index contributed by atoms with van der Waals surface area (Å²) in [6, 6.07) is 16.8. The minimum absolute atomic E-state index is 0.00850. The van der Waals surface area contributed by atoms with Crippen molar-refractivity contribution >= 4 is 21.9 Å². The van der Waals surface area contributed by atoms with Crippen molar-refractivity contribution in [1.82, 2.24) is 9.62 Å². The molecule has 1 saturated carbocycles. The van der Waals surface area contributed by atoms with Crippen LogP contribution in [0.15, 0.2) is 59.5 Å². The summed E-state index contributed by atoms with van der Waals surface area (Å²) in [6.45, 7) is 1.38. The molecule has 2 aromatic rings. The molecule has 7 nitrogen and oxygen atoms in total. The van der Waals surface area contributed by atoms with Crippen molar-refractivity contribution in [2.24, 2.45) is 0 Å². The number of rotatable bonds is 10. The van der Waals surface area contributed by atoms with Crippen LogP contribution in [-0.4, -0.2) is 50.8 Å². The number of piperidine rings is 1. The van der Waals surface area contributed by atoms with Gasteiger partial charge in [-0.1, -0.05) is 48.9 Å².